The second kappa shape index (κ2) is 9.81. The quantitative estimate of drug-likeness (QED) is 0.284. The predicted molar refractivity (Wildman–Crippen MR) is 133 cm³/mol. The summed E-state index contributed by atoms with van der Waals surface area (Å²) in [7, 11) is 0. The Balaban J connectivity index is 1.72. The van der Waals surface area contributed by atoms with Crippen LogP contribution in [0.1, 0.15) is 10.4 Å². The van der Waals surface area contributed by atoms with E-state index in [4.69, 9.17) is 17.0 Å². The van der Waals surface area contributed by atoms with Crippen LogP contribution in [0.2, 0.25) is 0 Å². The third-order valence-corrected chi connectivity index (χ3v) is 7.24. The molecule has 1 aliphatic heterocycles. The molecule has 0 aliphatic carbocycles. The van der Waals surface area contributed by atoms with Crippen LogP contribution in [0.3, 0.4) is 0 Å². The number of amides is 1. The summed E-state index contributed by atoms with van der Waals surface area (Å²) in [6.45, 7) is 3.06. The topological polar surface area (TPSA) is 53.6 Å². The number of halogens is 3. The van der Waals surface area contributed by atoms with Gasteiger partial charge in [0, 0.05) is 24.7 Å². The highest BCUT2D eigenvalue weighted by Gasteiger charge is 2.17. The van der Waals surface area contributed by atoms with Crippen LogP contribution in [0, 0.1) is 7.14 Å². The Bertz CT molecular complexity index is 876. The second-order valence-corrected chi connectivity index (χ2v) is 9.38. The van der Waals surface area contributed by atoms with Gasteiger partial charge >= 0.3 is 0 Å². The number of nitrogens with one attached hydrogen (secondary N) is 2. The number of thiocarbonyl (C=S) groups is 1. The first-order valence-corrected chi connectivity index (χ1v) is 11.5. The molecule has 1 aliphatic rings. The molecule has 5 nitrogen and oxygen atoms in total. The number of carbonyl (C=O) groups excluding carboxylic acids is 1. The molecule has 2 aromatic carbocycles. The predicted octanol–water partition coefficient (Wildman–Crippen LogP) is 4.62. The molecular formula is C18H16BrI2N3O2S. The summed E-state index contributed by atoms with van der Waals surface area (Å²) in [5, 5.41) is 6.19. The van der Waals surface area contributed by atoms with E-state index in [2.05, 4.69) is 76.6 Å². The summed E-state index contributed by atoms with van der Waals surface area (Å²) in [5.74, 6) is -0.250. The number of para-hydroxylation sites is 2. The van der Waals surface area contributed by atoms with Crippen molar-refractivity contribution in [3.8, 4) is 0 Å². The van der Waals surface area contributed by atoms with E-state index in [0.717, 1.165) is 36.1 Å². The zero-order valence-corrected chi connectivity index (χ0v) is 20.8. The van der Waals surface area contributed by atoms with Crippen molar-refractivity contribution in [2.45, 2.75) is 0 Å². The lowest BCUT2D eigenvalue weighted by molar-refractivity contribution is 0.0977. The van der Waals surface area contributed by atoms with E-state index >= 15 is 0 Å². The largest absolute Gasteiger partial charge is 0.378 e. The Labute approximate surface area is 199 Å². The first-order valence-electron chi connectivity index (χ1n) is 8.14. The van der Waals surface area contributed by atoms with Crippen LogP contribution in [0.15, 0.2) is 40.9 Å². The number of ether oxygens (including phenoxy) is 1. The molecule has 1 heterocycles. The van der Waals surface area contributed by atoms with E-state index in [1.54, 1.807) is 0 Å². The van der Waals surface area contributed by atoms with Crippen molar-refractivity contribution in [3.05, 3.63) is 53.6 Å². The van der Waals surface area contributed by atoms with E-state index in [1.165, 1.54) is 0 Å². The van der Waals surface area contributed by atoms with Gasteiger partial charge in [0.2, 0.25) is 0 Å². The van der Waals surface area contributed by atoms with Crippen LogP contribution in [0.4, 0.5) is 11.4 Å². The van der Waals surface area contributed by atoms with Gasteiger partial charge in [0.25, 0.3) is 5.91 Å². The van der Waals surface area contributed by atoms with E-state index in [1.807, 2.05) is 36.4 Å². The SMILES string of the molecule is O=C(NC(=S)Nc1ccccc1N1CCOCC1)c1cc(I)cc(I)c1Br. The lowest BCUT2D eigenvalue weighted by Crippen LogP contribution is -2.38. The molecule has 2 N–H and O–H groups in total. The van der Waals surface area contributed by atoms with Crippen molar-refractivity contribution < 1.29 is 9.53 Å². The lowest BCUT2D eigenvalue weighted by atomic mass is 10.2. The summed E-state index contributed by atoms with van der Waals surface area (Å²) in [4.78, 5) is 14.9. The molecule has 0 bridgehead atoms. The van der Waals surface area contributed by atoms with Crippen LogP contribution in [0.25, 0.3) is 0 Å². The van der Waals surface area contributed by atoms with E-state index in [9.17, 15) is 4.79 Å². The van der Waals surface area contributed by atoms with Gasteiger partial charge in [-0.15, -0.1) is 0 Å². The Hall–Kier alpha value is -0.500. The third-order valence-electron chi connectivity index (χ3n) is 3.97. The molecule has 0 unspecified atom stereocenters. The Morgan fingerprint density at radius 2 is 1.89 bits per heavy atom. The van der Waals surface area contributed by atoms with E-state index in [0.29, 0.717) is 18.8 Å². The molecule has 0 radical (unpaired) electrons. The number of rotatable bonds is 3. The van der Waals surface area contributed by atoms with Crippen molar-refractivity contribution in [2.24, 2.45) is 0 Å². The Morgan fingerprint density at radius 3 is 2.63 bits per heavy atom. The Morgan fingerprint density at radius 1 is 1.19 bits per heavy atom. The highest BCUT2D eigenvalue weighted by Crippen LogP contribution is 2.27. The zero-order valence-electron chi connectivity index (χ0n) is 14.1. The number of hydrogen-bond donors (Lipinski definition) is 2. The lowest BCUT2D eigenvalue weighted by Gasteiger charge is -2.30. The van der Waals surface area contributed by atoms with Gasteiger partial charge in [-0.3, -0.25) is 10.1 Å². The maximum Gasteiger partial charge on any atom is 0.258 e. The van der Waals surface area contributed by atoms with E-state index in [-0.39, 0.29) is 11.0 Å². The number of benzene rings is 2. The van der Waals surface area contributed by atoms with E-state index < -0.39 is 0 Å². The minimum absolute atomic E-state index is 0.250. The minimum atomic E-state index is -0.250. The van der Waals surface area contributed by atoms with Crippen molar-refractivity contribution in [2.75, 3.05) is 36.5 Å². The fourth-order valence-electron chi connectivity index (χ4n) is 2.70. The first-order chi connectivity index (χ1) is 13.0. The maximum absolute atomic E-state index is 12.7. The molecule has 0 spiro atoms. The van der Waals surface area contributed by atoms with Crippen molar-refractivity contribution in [3.63, 3.8) is 0 Å². The summed E-state index contributed by atoms with van der Waals surface area (Å²) in [5.41, 5.74) is 2.46. The summed E-state index contributed by atoms with van der Waals surface area (Å²) < 4.78 is 8.15. The number of hydrogen-bond acceptors (Lipinski definition) is 4. The molecule has 9 heteroatoms. The van der Waals surface area contributed by atoms with Crippen LogP contribution < -0.4 is 15.5 Å². The fraction of sp³-hybridized carbons (Fsp3) is 0.222. The van der Waals surface area contributed by atoms with Crippen LogP contribution in [-0.2, 0) is 4.74 Å². The fourth-order valence-corrected chi connectivity index (χ4v) is 5.16. The van der Waals surface area contributed by atoms with Gasteiger partial charge in [-0.1, -0.05) is 12.1 Å². The molecule has 3 rings (SSSR count). The van der Waals surface area contributed by atoms with Gasteiger partial charge in [-0.25, -0.2) is 0 Å². The number of carbonyl (C=O) groups is 1. The highest BCUT2D eigenvalue weighted by atomic mass is 127. The molecule has 27 heavy (non-hydrogen) atoms. The monoisotopic (exact) mass is 671 g/mol. The van der Waals surface area contributed by atoms with Gasteiger partial charge in [0.1, 0.15) is 0 Å². The van der Waals surface area contributed by atoms with Crippen LogP contribution in [0.5, 0.6) is 0 Å². The third kappa shape index (κ3) is 5.52. The summed E-state index contributed by atoms with van der Waals surface area (Å²) in [6, 6.07) is 11.7. The van der Waals surface area contributed by atoms with Crippen molar-refractivity contribution in [1.29, 1.82) is 0 Å². The average molecular weight is 672 g/mol. The maximum atomic E-state index is 12.7. The molecule has 0 aromatic heterocycles. The molecule has 142 valence electrons. The second-order valence-electron chi connectivity index (χ2n) is 5.77. The molecule has 0 atom stereocenters. The van der Waals surface area contributed by atoms with Gasteiger partial charge < -0.3 is 15.0 Å². The van der Waals surface area contributed by atoms with Gasteiger partial charge in [-0.2, -0.15) is 0 Å². The molecule has 2 aromatic rings. The van der Waals surface area contributed by atoms with Crippen LogP contribution >= 0.6 is 73.3 Å². The summed E-state index contributed by atoms with van der Waals surface area (Å²) >= 11 is 13.2. The normalized spacial score (nSPS) is 14.0. The van der Waals surface area contributed by atoms with Gasteiger partial charge in [0.05, 0.1) is 30.2 Å². The molecule has 0 saturated carbocycles. The first kappa shape index (κ1) is 21.2. The molecular weight excluding hydrogens is 656 g/mol. The Kier molecular flexibility index (Phi) is 7.71. The minimum Gasteiger partial charge on any atom is -0.378 e. The number of morpholine rings is 1. The highest BCUT2D eigenvalue weighted by molar-refractivity contribution is 14.1. The number of anilines is 2. The molecule has 1 fully saturated rings. The van der Waals surface area contributed by atoms with Gasteiger partial charge in [0.15, 0.2) is 5.11 Å². The average Bonchev–Trinajstić information content (AvgIpc) is 2.65. The molecule has 1 saturated heterocycles. The molecule has 1 amide bonds. The zero-order chi connectivity index (χ0) is 19.4. The van der Waals surface area contributed by atoms with Gasteiger partial charge in [-0.05, 0) is 97.6 Å². The smallest absolute Gasteiger partial charge is 0.258 e. The van der Waals surface area contributed by atoms with Crippen LogP contribution in [-0.4, -0.2) is 37.3 Å². The number of nitrogens with zero attached hydrogens (tertiary/aromatic N) is 1. The standard InChI is InChI=1S/C18H16BrI2N3O2S/c19-16-12(9-11(20)10-13(16)21)17(25)23-18(27)22-14-3-1-2-4-15(14)24-5-7-26-8-6-24/h1-4,9-10H,5-8H2,(H2,22,23,25,27). The summed E-state index contributed by atoms with van der Waals surface area (Å²) in [6.07, 6.45) is 0. The van der Waals surface area contributed by atoms with Crippen molar-refractivity contribution >= 4 is 95.7 Å². The van der Waals surface area contributed by atoms with Crippen molar-refractivity contribution in [1.82, 2.24) is 5.32 Å².